The van der Waals surface area contributed by atoms with Gasteiger partial charge in [0.2, 0.25) is 0 Å². The van der Waals surface area contributed by atoms with Crippen LogP contribution in [-0.4, -0.2) is 25.2 Å². The lowest BCUT2D eigenvalue weighted by Crippen LogP contribution is -2.57. The predicted molar refractivity (Wildman–Crippen MR) is 116 cm³/mol. The number of fused-ring (bicyclic) bond motifs is 3. The molecule has 1 fully saturated rings. The van der Waals surface area contributed by atoms with Gasteiger partial charge in [0.15, 0.2) is 11.1 Å². The van der Waals surface area contributed by atoms with Crippen LogP contribution in [0.4, 0.5) is 5.69 Å². The molecule has 0 aliphatic carbocycles. The Bertz CT molecular complexity index is 1190. The number of hydrogen-bond acceptors (Lipinski definition) is 4. The number of rotatable bonds is 2. The third kappa shape index (κ3) is 2.20. The van der Waals surface area contributed by atoms with Crippen LogP contribution in [0.5, 0.6) is 5.75 Å². The van der Waals surface area contributed by atoms with Gasteiger partial charge in [-0.25, -0.2) is 0 Å². The van der Waals surface area contributed by atoms with Gasteiger partial charge in [0.1, 0.15) is 5.75 Å². The first-order chi connectivity index (χ1) is 13.9. The quantitative estimate of drug-likeness (QED) is 0.658. The van der Waals surface area contributed by atoms with Gasteiger partial charge in [-0.2, -0.15) is 0 Å². The number of ether oxygens (including phenoxy) is 2. The maximum absolute atomic E-state index is 13.6. The monoisotopic (exact) mass is 404 g/mol. The predicted octanol–water partition coefficient (Wildman–Crippen LogP) is 3.84. The molecule has 5 nitrogen and oxygen atoms in total. The summed E-state index contributed by atoms with van der Waals surface area (Å²) in [4.78, 5) is 15.2. The van der Waals surface area contributed by atoms with Crippen molar-refractivity contribution in [3.63, 3.8) is 0 Å². The van der Waals surface area contributed by atoms with Crippen molar-refractivity contribution < 1.29 is 14.3 Å². The molecule has 1 amide bonds. The van der Waals surface area contributed by atoms with Gasteiger partial charge in [-0.15, -0.1) is 0 Å². The van der Waals surface area contributed by atoms with E-state index >= 15 is 0 Å². The molecular formula is C23H20N2O3S. The molecule has 1 N–H and O–H groups in total. The first kappa shape index (κ1) is 17.9. The highest BCUT2D eigenvalue weighted by Gasteiger charge is 2.67. The Morgan fingerprint density at radius 1 is 1.07 bits per heavy atom. The molecule has 0 saturated carbocycles. The summed E-state index contributed by atoms with van der Waals surface area (Å²) in [5.41, 5.74) is 0.479. The van der Waals surface area contributed by atoms with E-state index in [1.807, 2.05) is 61.5 Å². The highest BCUT2D eigenvalue weighted by Crippen LogP contribution is 2.54. The molecule has 0 aromatic heterocycles. The maximum atomic E-state index is 13.6. The zero-order valence-electron chi connectivity index (χ0n) is 16.4. The van der Waals surface area contributed by atoms with E-state index in [0.29, 0.717) is 0 Å². The van der Waals surface area contributed by atoms with Gasteiger partial charge in [0.05, 0.1) is 7.11 Å². The lowest BCUT2D eigenvalue weighted by Gasteiger charge is -2.37. The average molecular weight is 404 g/mol. The average Bonchev–Trinajstić information content (AvgIpc) is 3.14. The van der Waals surface area contributed by atoms with Gasteiger partial charge >= 0.3 is 0 Å². The number of hydrogen-bond donors (Lipinski definition) is 1. The number of carbonyl (C=O) groups excluding carboxylic acids is 1. The van der Waals surface area contributed by atoms with Crippen molar-refractivity contribution in [1.29, 1.82) is 0 Å². The van der Waals surface area contributed by atoms with E-state index in [4.69, 9.17) is 21.7 Å². The van der Waals surface area contributed by atoms with Crippen LogP contribution >= 0.6 is 12.2 Å². The third-order valence-electron chi connectivity index (χ3n) is 6.20. The summed E-state index contributed by atoms with van der Waals surface area (Å²) in [5, 5.41) is 5.53. The second-order valence-electron chi connectivity index (χ2n) is 7.61. The Kier molecular flexibility index (Phi) is 3.67. The smallest absolute Gasteiger partial charge is 0.261 e. The van der Waals surface area contributed by atoms with Crippen LogP contribution in [0, 0.1) is 0 Å². The summed E-state index contributed by atoms with van der Waals surface area (Å²) in [6.45, 7) is 1.93. The summed E-state index contributed by atoms with van der Waals surface area (Å²) in [7, 11) is 3.44. The maximum Gasteiger partial charge on any atom is 0.261 e. The fraction of sp³-hybridized carbons (Fsp3) is 0.217. The van der Waals surface area contributed by atoms with Crippen LogP contribution < -0.4 is 15.0 Å². The fourth-order valence-corrected chi connectivity index (χ4v) is 4.94. The molecule has 0 radical (unpaired) electrons. The summed E-state index contributed by atoms with van der Waals surface area (Å²) in [6, 6.07) is 19.7. The van der Waals surface area contributed by atoms with Crippen molar-refractivity contribution in [2.45, 2.75) is 18.1 Å². The van der Waals surface area contributed by atoms with Crippen LogP contribution in [0.3, 0.4) is 0 Å². The second kappa shape index (κ2) is 5.94. The first-order valence-corrected chi connectivity index (χ1v) is 9.78. The largest absolute Gasteiger partial charge is 0.497 e. The van der Waals surface area contributed by atoms with E-state index in [2.05, 4.69) is 11.4 Å². The van der Waals surface area contributed by atoms with Gasteiger partial charge < -0.3 is 19.7 Å². The van der Waals surface area contributed by atoms with Gasteiger partial charge in [-0.05, 0) is 59.7 Å². The minimum Gasteiger partial charge on any atom is -0.497 e. The number of amides is 1. The molecule has 2 aliphatic rings. The van der Waals surface area contributed by atoms with Gasteiger partial charge in [0, 0.05) is 18.3 Å². The van der Waals surface area contributed by atoms with Crippen molar-refractivity contribution in [3.05, 3.63) is 71.8 Å². The number of methoxy groups -OCH3 is 1. The van der Waals surface area contributed by atoms with Gasteiger partial charge in [-0.1, -0.05) is 36.4 Å². The molecule has 0 unspecified atom stereocenters. The number of thiocarbonyl (C=S) groups is 1. The number of benzene rings is 3. The highest BCUT2D eigenvalue weighted by atomic mass is 32.1. The lowest BCUT2D eigenvalue weighted by atomic mass is 9.72. The zero-order valence-corrected chi connectivity index (χ0v) is 17.2. The number of para-hydroxylation sites is 1. The van der Waals surface area contributed by atoms with Crippen LogP contribution in [0.2, 0.25) is 0 Å². The standard InChI is InChI=1S/C23H20N2O3S/c1-22(16-10-8-15-13-17(27-3)11-9-14(15)12-16)23(24-21(29)28-22)18-6-4-5-7-19(18)25(2)20(23)26/h4-13H,1-3H3,(H,24,29)/t22-,23+/m0/s1. The van der Waals surface area contributed by atoms with E-state index in [-0.39, 0.29) is 11.1 Å². The van der Waals surface area contributed by atoms with E-state index in [1.54, 1.807) is 19.1 Å². The summed E-state index contributed by atoms with van der Waals surface area (Å²) in [6.07, 6.45) is 0. The zero-order chi connectivity index (χ0) is 20.4. The van der Waals surface area contributed by atoms with Crippen LogP contribution in [0.1, 0.15) is 18.1 Å². The summed E-state index contributed by atoms with van der Waals surface area (Å²) < 4.78 is 11.5. The van der Waals surface area contributed by atoms with Crippen molar-refractivity contribution in [2.75, 3.05) is 19.1 Å². The molecule has 0 bridgehead atoms. The molecule has 29 heavy (non-hydrogen) atoms. The summed E-state index contributed by atoms with van der Waals surface area (Å²) >= 11 is 5.41. The Balaban J connectivity index is 1.74. The molecule has 5 rings (SSSR count). The van der Waals surface area contributed by atoms with Crippen molar-refractivity contribution >= 4 is 39.8 Å². The topological polar surface area (TPSA) is 50.8 Å². The number of nitrogens with one attached hydrogen (secondary N) is 1. The number of carbonyl (C=O) groups is 1. The molecular weight excluding hydrogens is 384 g/mol. The normalized spacial score (nSPS) is 25.3. The molecule has 6 heteroatoms. The third-order valence-corrected chi connectivity index (χ3v) is 6.38. The molecule has 3 aromatic rings. The molecule has 1 spiro atoms. The summed E-state index contributed by atoms with van der Waals surface area (Å²) in [5.74, 6) is 0.713. The Hall–Kier alpha value is -3.12. The molecule has 2 atom stereocenters. The van der Waals surface area contributed by atoms with Gasteiger partial charge in [-0.3, -0.25) is 4.79 Å². The minimum absolute atomic E-state index is 0.0872. The second-order valence-corrected chi connectivity index (χ2v) is 7.98. The molecule has 146 valence electrons. The number of anilines is 1. The number of likely N-dealkylation sites (N-methyl/N-ethyl adjacent to an activating group) is 1. The Morgan fingerprint density at radius 3 is 2.59 bits per heavy atom. The molecule has 2 heterocycles. The molecule has 1 saturated heterocycles. The fourth-order valence-electron chi connectivity index (χ4n) is 4.62. The lowest BCUT2D eigenvalue weighted by molar-refractivity contribution is -0.129. The van der Waals surface area contributed by atoms with Crippen molar-refractivity contribution in [2.24, 2.45) is 0 Å². The SMILES string of the molecule is COc1ccc2cc([C@]3(C)OC(=S)N[C@]34C(=O)N(C)c3ccccc34)ccc2c1. The molecule has 2 aliphatic heterocycles. The van der Waals surface area contributed by atoms with E-state index in [1.165, 1.54) is 0 Å². The molecule has 3 aromatic carbocycles. The van der Waals surface area contributed by atoms with Crippen LogP contribution in [-0.2, 0) is 20.7 Å². The Morgan fingerprint density at radius 2 is 1.79 bits per heavy atom. The Labute approximate surface area is 174 Å². The van der Waals surface area contributed by atoms with Crippen molar-refractivity contribution in [3.8, 4) is 5.75 Å². The first-order valence-electron chi connectivity index (χ1n) is 9.38. The van der Waals surface area contributed by atoms with Crippen LogP contribution in [0.25, 0.3) is 10.8 Å². The van der Waals surface area contributed by atoms with E-state index < -0.39 is 11.1 Å². The van der Waals surface area contributed by atoms with Gasteiger partial charge in [0.25, 0.3) is 11.1 Å². The highest BCUT2D eigenvalue weighted by molar-refractivity contribution is 7.80. The van der Waals surface area contributed by atoms with Crippen LogP contribution in [0.15, 0.2) is 60.7 Å². The number of nitrogens with zero attached hydrogens (tertiary/aromatic N) is 1. The van der Waals surface area contributed by atoms with E-state index in [0.717, 1.165) is 33.3 Å². The minimum atomic E-state index is -1.12. The van der Waals surface area contributed by atoms with Crippen molar-refractivity contribution in [1.82, 2.24) is 5.32 Å². The van der Waals surface area contributed by atoms with E-state index in [9.17, 15) is 4.79 Å².